The monoisotopic (exact) mass is 273 g/mol. The van der Waals surface area contributed by atoms with Crippen molar-refractivity contribution in [3.05, 3.63) is 23.8 Å². The fraction of sp³-hybridized carbons (Fsp3) is 0.538. The van der Waals surface area contributed by atoms with E-state index in [1.165, 1.54) is 12.8 Å². The Kier molecular flexibility index (Phi) is 3.25. The largest absolute Gasteiger partial charge is 0.350 e. The molecule has 2 aromatic rings. The van der Waals surface area contributed by atoms with Gasteiger partial charge >= 0.3 is 0 Å². The lowest BCUT2D eigenvalue weighted by Crippen LogP contribution is -2.13. The van der Waals surface area contributed by atoms with Crippen molar-refractivity contribution in [1.82, 2.24) is 24.7 Å². The molecule has 0 radical (unpaired) electrons. The molecule has 1 fully saturated rings. The van der Waals surface area contributed by atoms with Crippen LogP contribution >= 0.6 is 0 Å². The highest BCUT2D eigenvalue weighted by molar-refractivity contribution is 5.31. The molecule has 7 heteroatoms. The van der Waals surface area contributed by atoms with Gasteiger partial charge < -0.3 is 14.8 Å². The second kappa shape index (κ2) is 5.07. The summed E-state index contributed by atoms with van der Waals surface area (Å²) < 4.78 is 2.03. The molecule has 0 spiro atoms. The number of aromatic nitrogens is 5. The van der Waals surface area contributed by atoms with Gasteiger partial charge in [-0.2, -0.15) is 0 Å². The van der Waals surface area contributed by atoms with Crippen LogP contribution in [0.25, 0.3) is 0 Å². The Bertz CT molecular complexity index is 583. The van der Waals surface area contributed by atoms with Crippen molar-refractivity contribution in [1.29, 1.82) is 0 Å². The molecule has 2 aromatic heterocycles. The summed E-state index contributed by atoms with van der Waals surface area (Å²) in [7, 11) is 5.85. The summed E-state index contributed by atoms with van der Waals surface area (Å²) in [4.78, 5) is 10.5. The van der Waals surface area contributed by atoms with Gasteiger partial charge in [-0.25, -0.2) is 9.97 Å². The highest BCUT2D eigenvalue weighted by Gasteiger charge is 2.29. The van der Waals surface area contributed by atoms with E-state index in [0.717, 1.165) is 17.3 Å². The number of rotatable bonds is 5. The standard InChI is InChI=1S/C13H19N7/c1-19(2)12-14-6-9(7-15-12)8-16-13-18-17-11(20(13)3)10-4-5-10/h6-7,10H,4-5,8H2,1-3H3,(H,16,18). The fourth-order valence-corrected chi connectivity index (χ4v) is 2.04. The maximum Gasteiger partial charge on any atom is 0.224 e. The van der Waals surface area contributed by atoms with Crippen molar-refractivity contribution in [2.24, 2.45) is 7.05 Å². The van der Waals surface area contributed by atoms with E-state index in [9.17, 15) is 0 Å². The molecular formula is C13H19N7. The molecule has 1 N–H and O–H groups in total. The fourth-order valence-electron chi connectivity index (χ4n) is 2.04. The van der Waals surface area contributed by atoms with Gasteiger partial charge in [0.15, 0.2) is 0 Å². The van der Waals surface area contributed by atoms with E-state index in [-0.39, 0.29) is 0 Å². The Labute approximate surface area is 118 Å². The van der Waals surface area contributed by atoms with Gasteiger partial charge in [0, 0.05) is 51.6 Å². The Morgan fingerprint density at radius 2 is 1.95 bits per heavy atom. The van der Waals surface area contributed by atoms with Crippen LogP contribution in [0.2, 0.25) is 0 Å². The molecule has 0 aromatic carbocycles. The molecule has 2 heterocycles. The summed E-state index contributed by atoms with van der Waals surface area (Å²) in [6.07, 6.45) is 6.11. The van der Waals surface area contributed by atoms with Gasteiger partial charge in [-0.05, 0) is 12.8 Å². The zero-order valence-corrected chi connectivity index (χ0v) is 12.0. The molecule has 0 aliphatic heterocycles. The lowest BCUT2D eigenvalue weighted by Gasteiger charge is -2.10. The summed E-state index contributed by atoms with van der Waals surface area (Å²) in [5.41, 5.74) is 1.02. The topological polar surface area (TPSA) is 71.8 Å². The highest BCUT2D eigenvalue weighted by Crippen LogP contribution is 2.39. The van der Waals surface area contributed by atoms with Gasteiger partial charge in [0.2, 0.25) is 11.9 Å². The van der Waals surface area contributed by atoms with E-state index in [0.29, 0.717) is 18.4 Å². The third kappa shape index (κ3) is 2.56. The van der Waals surface area contributed by atoms with Gasteiger partial charge in [-0.15, -0.1) is 10.2 Å². The van der Waals surface area contributed by atoms with Crippen LogP contribution in [-0.2, 0) is 13.6 Å². The molecule has 3 rings (SSSR count). The maximum atomic E-state index is 4.29. The normalized spacial score (nSPS) is 14.3. The lowest BCUT2D eigenvalue weighted by atomic mass is 10.3. The van der Waals surface area contributed by atoms with E-state index in [1.54, 1.807) is 0 Å². The van der Waals surface area contributed by atoms with Crippen molar-refractivity contribution < 1.29 is 0 Å². The van der Waals surface area contributed by atoms with Crippen LogP contribution in [0.1, 0.15) is 30.1 Å². The van der Waals surface area contributed by atoms with E-state index >= 15 is 0 Å². The van der Waals surface area contributed by atoms with Crippen LogP contribution in [-0.4, -0.2) is 38.8 Å². The molecule has 0 atom stereocenters. The lowest BCUT2D eigenvalue weighted by molar-refractivity contribution is 0.798. The average molecular weight is 273 g/mol. The summed E-state index contributed by atoms with van der Waals surface area (Å²) in [6, 6.07) is 0. The molecular weight excluding hydrogens is 254 g/mol. The molecule has 106 valence electrons. The SMILES string of the molecule is CN(C)c1ncc(CNc2nnc(C3CC3)n2C)cn1. The van der Waals surface area contributed by atoms with Gasteiger partial charge in [0.05, 0.1) is 0 Å². The summed E-state index contributed by atoms with van der Waals surface area (Å²) in [5.74, 6) is 3.18. The molecule has 0 saturated heterocycles. The summed E-state index contributed by atoms with van der Waals surface area (Å²) >= 11 is 0. The Morgan fingerprint density at radius 1 is 1.25 bits per heavy atom. The first-order valence-electron chi connectivity index (χ1n) is 6.76. The Hall–Kier alpha value is -2.18. The quantitative estimate of drug-likeness (QED) is 0.881. The molecule has 0 amide bonds. The first-order valence-corrected chi connectivity index (χ1v) is 6.76. The molecule has 1 aliphatic rings. The number of hydrogen-bond donors (Lipinski definition) is 1. The van der Waals surface area contributed by atoms with Crippen molar-refractivity contribution in [3.8, 4) is 0 Å². The van der Waals surface area contributed by atoms with Gasteiger partial charge in [0.25, 0.3) is 0 Å². The zero-order valence-electron chi connectivity index (χ0n) is 12.0. The van der Waals surface area contributed by atoms with E-state index in [1.807, 2.05) is 43.0 Å². The second-order valence-corrected chi connectivity index (χ2v) is 5.35. The minimum Gasteiger partial charge on any atom is -0.350 e. The van der Waals surface area contributed by atoms with E-state index in [2.05, 4.69) is 25.5 Å². The smallest absolute Gasteiger partial charge is 0.224 e. The third-order valence-electron chi connectivity index (χ3n) is 3.39. The predicted molar refractivity (Wildman–Crippen MR) is 76.7 cm³/mol. The van der Waals surface area contributed by atoms with Crippen LogP contribution < -0.4 is 10.2 Å². The summed E-state index contributed by atoms with van der Waals surface area (Å²) in [5, 5.41) is 11.7. The van der Waals surface area contributed by atoms with Crippen LogP contribution in [0.15, 0.2) is 12.4 Å². The average Bonchev–Trinajstić information content (AvgIpc) is 3.22. The van der Waals surface area contributed by atoms with Crippen molar-refractivity contribution in [2.75, 3.05) is 24.3 Å². The number of nitrogens with zero attached hydrogens (tertiary/aromatic N) is 6. The van der Waals surface area contributed by atoms with E-state index in [4.69, 9.17) is 0 Å². The van der Waals surface area contributed by atoms with Crippen LogP contribution in [0.4, 0.5) is 11.9 Å². The molecule has 0 bridgehead atoms. The van der Waals surface area contributed by atoms with Gasteiger partial charge in [-0.1, -0.05) is 0 Å². The van der Waals surface area contributed by atoms with Gasteiger partial charge in [-0.3, -0.25) is 0 Å². The predicted octanol–water partition coefficient (Wildman–Crippen LogP) is 1.16. The maximum absolute atomic E-state index is 4.29. The minimum absolute atomic E-state index is 0.603. The minimum atomic E-state index is 0.603. The number of anilines is 2. The molecule has 0 unspecified atom stereocenters. The molecule has 1 saturated carbocycles. The first kappa shape index (κ1) is 12.8. The van der Waals surface area contributed by atoms with E-state index < -0.39 is 0 Å². The van der Waals surface area contributed by atoms with Crippen molar-refractivity contribution >= 4 is 11.9 Å². The number of hydrogen-bond acceptors (Lipinski definition) is 6. The van der Waals surface area contributed by atoms with Crippen LogP contribution in [0, 0.1) is 0 Å². The Morgan fingerprint density at radius 3 is 2.55 bits per heavy atom. The number of nitrogens with one attached hydrogen (secondary N) is 1. The molecule has 7 nitrogen and oxygen atoms in total. The second-order valence-electron chi connectivity index (χ2n) is 5.35. The van der Waals surface area contributed by atoms with Crippen LogP contribution in [0.3, 0.4) is 0 Å². The van der Waals surface area contributed by atoms with Crippen LogP contribution in [0.5, 0.6) is 0 Å². The third-order valence-corrected chi connectivity index (χ3v) is 3.39. The van der Waals surface area contributed by atoms with Crippen molar-refractivity contribution in [2.45, 2.75) is 25.3 Å². The zero-order chi connectivity index (χ0) is 14.1. The molecule has 1 aliphatic carbocycles. The molecule has 20 heavy (non-hydrogen) atoms. The Balaban J connectivity index is 1.64. The highest BCUT2D eigenvalue weighted by atomic mass is 15.3. The van der Waals surface area contributed by atoms with Gasteiger partial charge in [0.1, 0.15) is 5.82 Å². The first-order chi connectivity index (χ1) is 9.65. The summed E-state index contributed by atoms with van der Waals surface area (Å²) in [6.45, 7) is 0.643. The van der Waals surface area contributed by atoms with Crippen molar-refractivity contribution in [3.63, 3.8) is 0 Å².